The van der Waals surface area contributed by atoms with E-state index in [1.165, 1.54) is 4.90 Å². The Bertz CT molecular complexity index is 934. The van der Waals surface area contributed by atoms with Gasteiger partial charge in [0.15, 0.2) is 11.7 Å². The molecular formula is C23H35N7O6. The molecule has 0 saturated carbocycles. The lowest BCUT2D eigenvalue weighted by Crippen LogP contribution is -2.45. The smallest absolute Gasteiger partial charge is 0.312 e. The molecule has 3 amide bonds. The van der Waals surface area contributed by atoms with Gasteiger partial charge >= 0.3 is 5.97 Å². The highest BCUT2D eigenvalue weighted by atomic mass is 16.4. The van der Waals surface area contributed by atoms with Crippen molar-refractivity contribution in [1.82, 2.24) is 9.80 Å². The average Bonchev–Trinajstić information content (AvgIpc) is 2.77. The number of amides is 3. The van der Waals surface area contributed by atoms with Gasteiger partial charge in [0.05, 0.1) is 19.6 Å². The quantitative estimate of drug-likeness (QED) is 0.0910. The fraction of sp³-hybridized carbons (Fsp3) is 0.478. The Morgan fingerprint density at radius 2 is 1.58 bits per heavy atom. The van der Waals surface area contributed by atoms with E-state index in [1.54, 1.807) is 0 Å². The predicted octanol–water partition coefficient (Wildman–Crippen LogP) is -1.81. The van der Waals surface area contributed by atoms with Gasteiger partial charge < -0.3 is 37.8 Å². The van der Waals surface area contributed by atoms with Crippen molar-refractivity contribution in [2.45, 2.75) is 38.1 Å². The highest BCUT2D eigenvalue weighted by molar-refractivity contribution is 5.95. The summed E-state index contributed by atoms with van der Waals surface area (Å²) in [6.45, 7) is -0.501. The van der Waals surface area contributed by atoms with E-state index in [9.17, 15) is 24.0 Å². The summed E-state index contributed by atoms with van der Waals surface area (Å²) in [5.74, 6) is -3.70. The summed E-state index contributed by atoms with van der Waals surface area (Å²) in [7, 11) is 0. The monoisotopic (exact) mass is 505 g/mol. The molecule has 1 rings (SSSR count). The first-order chi connectivity index (χ1) is 17.0. The molecule has 0 aliphatic carbocycles. The summed E-state index contributed by atoms with van der Waals surface area (Å²) in [4.78, 5) is 65.6. The van der Waals surface area contributed by atoms with Crippen molar-refractivity contribution in [2.75, 3.05) is 32.7 Å². The average molecular weight is 506 g/mol. The van der Waals surface area contributed by atoms with Crippen LogP contribution in [0.3, 0.4) is 0 Å². The maximum Gasteiger partial charge on any atom is 0.312 e. The van der Waals surface area contributed by atoms with Crippen LogP contribution in [-0.2, 0) is 30.4 Å². The first-order valence-corrected chi connectivity index (χ1v) is 11.4. The van der Waals surface area contributed by atoms with E-state index in [0.717, 1.165) is 10.5 Å². The van der Waals surface area contributed by atoms with Gasteiger partial charge in [0.25, 0.3) is 0 Å². The summed E-state index contributed by atoms with van der Waals surface area (Å²) in [6.07, 6.45) is -0.164. The molecule has 1 aromatic rings. The molecule has 0 saturated heterocycles. The second-order valence-electron chi connectivity index (χ2n) is 8.28. The molecule has 0 heterocycles. The van der Waals surface area contributed by atoms with E-state index in [4.69, 9.17) is 28.0 Å². The number of nitrogens with zero attached hydrogens (tertiary/aromatic N) is 3. The van der Waals surface area contributed by atoms with E-state index in [-0.39, 0.29) is 63.1 Å². The van der Waals surface area contributed by atoms with Crippen LogP contribution in [0.15, 0.2) is 35.3 Å². The SMILES string of the molecule is NC(=O)CN(CCCC(=O)CN(C[C@@H](N)Cc1ccccc1)C(=O)CCN=C(N)N)C(=O)CC(=O)O. The largest absolute Gasteiger partial charge is 0.481 e. The summed E-state index contributed by atoms with van der Waals surface area (Å²) in [6, 6.07) is 9.05. The number of carbonyl (C=O) groups excluding carboxylic acids is 4. The summed E-state index contributed by atoms with van der Waals surface area (Å²) < 4.78 is 0. The van der Waals surface area contributed by atoms with E-state index in [2.05, 4.69) is 4.99 Å². The van der Waals surface area contributed by atoms with E-state index in [0.29, 0.717) is 6.42 Å². The standard InChI is InChI=1S/C23H35N7O6/c24-17(11-16-5-2-1-3-6-16)13-30(20(33)8-9-28-23(26)27)14-18(31)7-4-10-29(15-19(25)32)21(34)12-22(35)36/h1-3,5-6,17H,4,7-15,24H2,(H2,25,32)(H,35,36)(H4,26,27,28)/t17-/m0/s1. The zero-order chi connectivity index (χ0) is 27.1. The highest BCUT2D eigenvalue weighted by Gasteiger charge is 2.22. The molecule has 0 fully saturated rings. The number of carboxylic acids is 1. The van der Waals surface area contributed by atoms with Gasteiger partial charge in [-0.2, -0.15) is 0 Å². The lowest BCUT2D eigenvalue weighted by Gasteiger charge is -2.26. The van der Waals surface area contributed by atoms with E-state index in [1.807, 2.05) is 30.3 Å². The number of carboxylic acid groups (broad SMARTS) is 1. The van der Waals surface area contributed by atoms with Crippen LogP contribution in [-0.4, -0.2) is 89.1 Å². The number of aliphatic imine (C=N–C) groups is 1. The summed E-state index contributed by atoms with van der Waals surface area (Å²) in [5, 5.41) is 8.80. The second kappa shape index (κ2) is 15.8. The Morgan fingerprint density at radius 1 is 0.917 bits per heavy atom. The molecule has 1 atom stereocenters. The number of guanidine groups is 1. The van der Waals surface area contributed by atoms with Crippen molar-refractivity contribution in [2.24, 2.45) is 27.9 Å². The van der Waals surface area contributed by atoms with Crippen molar-refractivity contribution in [3.63, 3.8) is 0 Å². The van der Waals surface area contributed by atoms with Gasteiger partial charge in [-0.1, -0.05) is 30.3 Å². The summed E-state index contributed by atoms with van der Waals surface area (Å²) >= 11 is 0. The number of rotatable bonds is 17. The molecule has 13 nitrogen and oxygen atoms in total. The minimum Gasteiger partial charge on any atom is -0.481 e. The number of primary amides is 1. The molecule has 198 valence electrons. The number of hydrogen-bond acceptors (Lipinski definition) is 7. The molecule has 36 heavy (non-hydrogen) atoms. The molecule has 13 heteroatoms. The number of aliphatic carboxylic acids is 1. The van der Waals surface area contributed by atoms with Crippen LogP contribution in [0, 0.1) is 0 Å². The number of carbonyl (C=O) groups is 5. The van der Waals surface area contributed by atoms with Crippen molar-refractivity contribution in [3.8, 4) is 0 Å². The number of Topliss-reactive ketones (excluding diaryl/α,β-unsaturated/α-hetero) is 1. The van der Waals surface area contributed by atoms with Crippen LogP contribution in [0.1, 0.15) is 31.2 Å². The van der Waals surface area contributed by atoms with E-state index < -0.39 is 36.8 Å². The highest BCUT2D eigenvalue weighted by Crippen LogP contribution is 2.07. The Hall–Kier alpha value is -4.00. The molecule has 0 radical (unpaired) electrons. The molecule has 0 aromatic heterocycles. The van der Waals surface area contributed by atoms with Gasteiger partial charge in [-0.25, -0.2) is 0 Å². The fourth-order valence-corrected chi connectivity index (χ4v) is 3.44. The molecular weight excluding hydrogens is 470 g/mol. The Morgan fingerprint density at radius 3 is 2.17 bits per heavy atom. The van der Waals surface area contributed by atoms with E-state index >= 15 is 0 Å². The Balaban J connectivity index is 2.74. The first kappa shape index (κ1) is 30.0. The Labute approximate surface area is 209 Å². The van der Waals surface area contributed by atoms with Gasteiger partial charge in [0, 0.05) is 32.0 Å². The normalized spacial score (nSPS) is 11.2. The van der Waals surface area contributed by atoms with Crippen molar-refractivity contribution in [3.05, 3.63) is 35.9 Å². The maximum absolute atomic E-state index is 12.8. The molecule has 0 aliphatic rings. The van der Waals surface area contributed by atoms with Crippen LogP contribution in [0.2, 0.25) is 0 Å². The first-order valence-electron chi connectivity index (χ1n) is 11.4. The lowest BCUT2D eigenvalue weighted by atomic mass is 10.1. The van der Waals surface area contributed by atoms with Gasteiger partial charge in [0.1, 0.15) is 6.42 Å². The Kier molecular flexibility index (Phi) is 13.2. The molecule has 9 N–H and O–H groups in total. The van der Waals surface area contributed by atoms with Gasteiger partial charge in [-0.05, 0) is 18.4 Å². The molecule has 1 aromatic carbocycles. The lowest BCUT2D eigenvalue weighted by molar-refractivity contribution is -0.145. The number of hydrogen-bond donors (Lipinski definition) is 5. The zero-order valence-electron chi connectivity index (χ0n) is 20.2. The van der Waals surface area contributed by atoms with Crippen molar-refractivity contribution < 1.29 is 29.1 Å². The fourth-order valence-electron chi connectivity index (χ4n) is 3.44. The molecule has 0 unspecified atom stereocenters. The van der Waals surface area contributed by atoms with Crippen LogP contribution in [0.5, 0.6) is 0 Å². The number of nitrogens with two attached hydrogens (primary N) is 4. The predicted molar refractivity (Wildman–Crippen MR) is 132 cm³/mol. The molecule has 0 bridgehead atoms. The maximum atomic E-state index is 12.8. The van der Waals surface area contributed by atoms with Gasteiger partial charge in [-0.3, -0.25) is 29.0 Å². The second-order valence-corrected chi connectivity index (χ2v) is 8.28. The van der Waals surface area contributed by atoms with Crippen LogP contribution in [0.4, 0.5) is 0 Å². The number of benzene rings is 1. The van der Waals surface area contributed by atoms with Crippen LogP contribution >= 0.6 is 0 Å². The van der Waals surface area contributed by atoms with Crippen molar-refractivity contribution in [1.29, 1.82) is 0 Å². The van der Waals surface area contributed by atoms with Crippen LogP contribution < -0.4 is 22.9 Å². The third-order valence-corrected chi connectivity index (χ3v) is 5.02. The molecule has 0 aliphatic heterocycles. The van der Waals surface area contributed by atoms with Gasteiger partial charge in [-0.15, -0.1) is 0 Å². The van der Waals surface area contributed by atoms with Crippen molar-refractivity contribution >= 4 is 35.4 Å². The zero-order valence-corrected chi connectivity index (χ0v) is 20.2. The minimum absolute atomic E-state index is 0.0127. The van der Waals surface area contributed by atoms with Crippen LogP contribution in [0.25, 0.3) is 0 Å². The summed E-state index contributed by atoms with van der Waals surface area (Å²) in [5.41, 5.74) is 23.0. The molecule has 0 spiro atoms. The topological polar surface area (TPSA) is 228 Å². The third kappa shape index (κ3) is 13.0. The number of ketones is 1. The van der Waals surface area contributed by atoms with Gasteiger partial charge in [0.2, 0.25) is 17.7 Å². The third-order valence-electron chi connectivity index (χ3n) is 5.02. The minimum atomic E-state index is -1.34.